The summed E-state index contributed by atoms with van der Waals surface area (Å²) in [4.78, 5) is 27.0. The molecule has 0 fully saturated rings. The van der Waals surface area contributed by atoms with Crippen LogP contribution >= 0.6 is 23.1 Å². The second kappa shape index (κ2) is 8.97. The average molecular weight is 316 g/mol. The van der Waals surface area contributed by atoms with Crippen molar-refractivity contribution in [2.24, 2.45) is 0 Å². The third-order valence-corrected chi connectivity index (χ3v) is 4.42. The number of carboxylic acids is 1. The minimum atomic E-state index is -0.966. The average Bonchev–Trinajstić information content (AvgIpc) is 2.80. The van der Waals surface area contributed by atoms with E-state index in [1.54, 1.807) is 11.3 Å². The van der Waals surface area contributed by atoms with Gasteiger partial charge in [-0.05, 0) is 13.3 Å². The van der Waals surface area contributed by atoms with Crippen LogP contribution in [0.15, 0.2) is 5.38 Å². The number of hydrogen-bond acceptors (Lipinski definition) is 5. The fourth-order valence-electron chi connectivity index (χ4n) is 1.62. The molecular formula is C13H20N2O3S2. The molecule has 0 aromatic carbocycles. The molecule has 0 saturated carbocycles. The van der Waals surface area contributed by atoms with Crippen molar-refractivity contribution in [3.8, 4) is 0 Å². The lowest BCUT2D eigenvalue weighted by Gasteiger charge is -2.13. The molecule has 1 atom stereocenters. The number of nitrogens with one attached hydrogen (secondary N) is 1. The van der Waals surface area contributed by atoms with E-state index in [0.29, 0.717) is 12.2 Å². The largest absolute Gasteiger partial charge is 0.480 e. The van der Waals surface area contributed by atoms with Gasteiger partial charge >= 0.3 is 5.97 Å². The Kier molecular flexibility index (Phi) is 7.61. The molecule has 1 amide bonds. The standard InChI is InChI=1S/C13H20N2O3S2/c1-3-4-5-11(13(17)18)15-12(16)8-19-6-10-7-20-9(2)14-10/h7,11H,3-6,8H2,1-2H3,(H,15,16)(H,17,18). The van der Waals surface area contributed by atoms with E-state index in [0.717, 1.165) is 23.5 Å². The van der Waals surface area contributed by atoms with Crippen LogP contribution in [0.5, 0.6) is 0 Å². The first-order valence-electron chi connectivity index (χ1n) is 6.53. The van der Waals surface area contributed by atoms with Gasteiger partial charge in [-0.2, -0.15) is 0 Å². The van der Waals surface area contributed by atoms with Gasteiger partial charge in [0.05, 0.1) is 16.5 Å². The Hall–Kier alpha value is -1.08. The van der Waals surface area contributed by atoms with Crippen molar-refractivity contribution in [1.82, 2.24) is 10.3 Å². The number of aryl methyl sites for hydroxylation is 1. The smallest absolute Gasteiger partial charge is 0.326 e. The molecule has 0 radical (unpaired) electrons. The van der Waals surface area contributed by atoms with Crippen LogP contribution < -0.4 is 5.32 Å². The summed E-state index contributed by atoms with van der Waals surface area (Å²) in [5.74, 6) is -0.269. The molecule has 1 rings (SSSR count). The normalized spacial score (nSPS) is 12.1. The third kappa shape index (κ3) is 6.38. The van der Waals surface area contributed by atoms with Crippen molar-refractivity contribution in [3.05, 3.63) is 16.1 Å². The molecule has 0 aliphatic heterocycles. The summed E-state index contributed by atoms with van der Waals surface area (Å²) in [6.07, 6.45) is 2.19. The van der Waals surface area contributed by atoms with E-state index >= 15 is 0 Å². The van der Waals surface area contributed by atoms with Crippen molar-refractivity contribution in [1.29, 1.82) is 0 Å². The molecule has 0 aliphatic carbocycles. The van der Waals surface area contributed by atoms with E-state index in [1.807, 2.05) is 19.2 Å². The second-order valence-corrected chi connectivity index (χ2v) is 6.50. The van der Waals surface area contributed by atoms with Gasteiger partial charge in [0.25, 0.3) is 0 Å². The number of hydrogen-bond donors (Lipinski definition) is 2. The van der Waals surface area contributed by atoms with Crippen LogP contribution in [-0.2, 0) is 15.3 Å². The Labute approximate surface area is 127 Å². The van der Waals surface area contributed by atoms with Crippen LogP contribution in [0.1, 0.15) is 36.9 Å². The lowest BCUT2D eigenvalue weighted by molar-refractivity contribution is -0.141. The number of aromatic nitrogens is 1. The Morgan fingerprint density at radius 2 is 2.30 bits per heavy atom. The molecule has 1 heterocycles. The summed E-state index contributed by atoms with van der Waals surface area (Å²) >= 11 is 3.03. The molecule has 1 aromatic rings. The van der Waals surface area contributed by atoms with Gasteiger partial charge < -0.3 is 10.4 Å². The van der Waals surface area contributed by atoms with E-state index in [-0.39, 0.29) is 11.7 Å². The van der Waals surface area contributed by atoms with Crippen LogP contribution in [0.4, 0.5) is 0 Å². The maximum Gasteiger partial charge on any atom is 0.326 e. The van der Waals surface area contributed by atoms with E-state index in [1.165, 1.54) is 11.8 Å². The number of amides is 1. The lowest BCUT2D eigenvalue weighted by Crippen LogP contribution is -2.41. The highest BCUT2D eigenvalue weighted by atomic mass is 32.2. The Bertz CT molecular complexity index is 449. The fraction of sp³-hybridized carbons (Fsp3) is 0.615. The molecule has 0 bridgehead atoms. The summed E-state index contributed by atoms with van der Waals surface area (Å²) in [5.41, 5.74) is 0.964. The minimum Gasteiger partial charge on any atom is -0.480 e. The number of carbonyl (C=O) groups excluding carboxylic acids is 1. The molecule has 0 saturated heterocycles. The van der Waals surface area contributed by atoms with E-state index in [2.05, 4.69) is 10.3 Å². The van der Waals surface area contributed by atoms with Gasteiger partial charge in [0.2, 0.25) is 5.91 Å². The van der Waals surface area contributed by atoms with Gasteiger partial charge in [0.15, 0.2) is 0 Å². The molecule has 0 spiro atoms. The molecule has 5 nitrogen and oxygen atoms in total. The predicted molar refractivity (Wildman–Crippen MR) is 82.1 cm³/mol. The van der Waals surface area contributed by atoms with Crippen molar-refractivity contribution < 1.29 is 14.7 Å². The lowest BCUT2D eigenvalue weighted by atomic mass is 10.1. The number of thioether (sulfide) groups is 1. The number of thiazole rings is 1. The molecule has 20 heavy (non-hydrogen) atoms. The first kappa shape index (κ1) is 17.0. The topological polar surface area (TPSA) is 79.3 Å². The van der Waals surface area contributed by atoms with Crippen molar-refractivity contribution in [2.45, 2.75) is 44.9 Å². The summed E-state index contributed by atoms with van der Waals surface area (Å²) in [6, 6.07) is -0.774. The predicted octanol–water partition coefficient (Wildman–Crippen LogP) is 2.44. The SMILES string of the molecule is CCCCC(NC(=O)CSCc1csc(C)n1)C(=O)O. The van der Waals surface area contributed by atoms with Crippen LogP contribution in [0, 0.1) is 6.92 Å². The first-order valence-corrected chi connectivity index (χ1v) is 8.57. The van der Waals surface area contributed by atoms with Crippen LogP contribution in [0.25, 0.3) is 0 Å². The van der Waals surface area contributed by atoms with Crippen LogP contribution in [-0.4, -0.2) is 33.8 Å². The molecule has 112 valence electrons. The van der Waals surface area contributed by atoms with Gasteiger partial charge in [0, 0.05) is 11.1 Å². The zero-order valence-electron chi connectivity index (χ0n) is 11.7. The third-order valence-electron chi connectivity index (χ3n) is 2.63. The minimum absolute atomic E-state index is 0.231. The van der Waals surface area contributed by atoms with Gasteiger partial charge in [-0.1, -0.05) is 19.8 Å². The monoisotopic (exact) mass is 316 g/mol. The number of rotatable bonds is 9. The number of carbonyl (C=O) groups is 2. The highest BCUT2D eigenvalue weighted by Crippen LogP contribution is 2.15. The molecule has 0 aliphatic rings. The van der Waals surface area contributed by atoms with Crippen LogP contribution in [0.2, 0.25) is 0 Å². The highest BCUT2D eigenvalue weighted by Gasteiger charge is 2.18. The summed E-state index contributed by atoms with van der Waals surface area (Å²) in [6.45, 7) is 3.93. The van der Waals surface area contributed by atoms with Crippen molar-refractivity contribution in [2.75, 3.05) is 5.75 Å². The van der Waals surface area contributed by atoms with E-state index < -0.39 is 12.0 Å². The molecule has 2 N–H and O–H groups in total. The first-order chi connectivity index (χ1) is 9.52. The number of unbranched alkanes of at least 4 members (excludes halogenated alkanes) is 1. The van der Waals surface area contributed by atoms with Gasteiger partial charge in [-0.25, -0.2) is 9.78 Å². The Morgan fingerprint density at radius 1 is 1.55 bits per heavy atom. The number of carboxylic acid groups (broad SMARTS) is 1. The van der Waals surface area contributed by atoms with E-state index in [9.17, 15) is 9.59 Å². The quantitative estimate of drug-likeness (QED) is 0.731. The zero-order chi connectivity index (χ0) is 15.0. The zero-order valence-corrected chi connectivity index (χ0v) is 13.4. The summed E-state index contributed by atoms with van der Waals surface area (Å²) in [5, 5.41) is 14.6. The fourth-order valence-corrected chi connectivity index (χ4v) is 3.07. The Morgan fingerprint density at radius 3 is 2.85 bits per heavy atom. The number of aliphatic carboxylic acids is 1. The maximum absolute atomic E-state index is 11.7. The van der Waals surface area contributed by atoms with Gasteiger partial charge in [-0.3, -0.25) is 4.79 Å². The molecular weight excluding hydrogens is 296 g/mol. The molecule has 7 heteroatoms. The number of nitrogens with zero attached hydrogens (tertiary/aromatic N) is 1. The summed E-state index contributed by atoms with van der Waals surface area (Å²) < 4.78 is 0. The van der Waals surface area contributed by atoms with Crippen LogP contribution in [0.3, 0.4) is 0 Å². The Balaban J connectivity index is 2.28. The molecule has 1 aromatic heterocycles. The van der Waals surface area contributed by atoms with E-state index in [4.69, 9.17) is 5.11 Å². The maximum atomic E-state index is 11.7. The second-order valence-electron chi connectivity index (χ2n) is 4.45. The van der Waals surface area contributed by atoms with Gasteiger partial charge in [0.1, 0.15) is 6.04 Å². The van der Waals surface area contributed by atoms with Gasteiger partial charge in [-0.15, -0.1) is 23.1 Å². The molecule has 1 unspecified atom stereocenters. The summed E-state index contributed by atoms with van der Waals surface area (Å²) in [7, 11) is 0. The van der Waals surface area contributed by atoms with Crippen molar-refractivity contribution >= 4 is 35.0 Å². The highest BCUT2D eigenvalue weighted by molar-refractivity contribution is 7.99. The van der Waals surface area contributed by atoms with Crippen molar-refractivity contribution in [3.63, 3.8) is 0 Å².